The molecular formula is C20H17N3O8. The molecule has 3 rings (SSSR count). The molecule has 160 valence electrons. The number of nitro benzene ring substituents is 1. The Morgan fingerprint density at radius 1 is 1.16 bits per heavy atom. The van der Waals surface area contributed by atoms with E-state index in [1.165, 1.54) is 24.3 Å². The lowest BCUT2D eigenvalue weighted by atomic mass is 10.1. The first-order valence-corrected chi connectivity index (χ1v) is 9.09. The fraction of sp³-hybridized carbons (Fsp3) is 0.200. The van der Waals surface area contributed by atoms with Gasteiger partial charge in [0.05, 0.1) is 28.8 Å². The number of anilines is 1. The van der Waals surface area contributed by atoms with Gasteiger partial charge in [0.1, 0.15) is 5.56 Å². The number of benzene rings is 2. The van der Waals surface area contributed by atoms with E-state index < -0.39 is 34.4 Å². The molecule has 0 aliphatic carbocycles. The number of imide groups is 1. The summed E-state index contributed by atoms with van der Waals surface area (Å²) in [7, 11) is 1.16. The van der Waals surface area contributed by atoms with Crippen LogP contribution in [0.25, 0.3) is 0 Å². The second-order valence-corrected chi connectivity index (χ2v) is 6.59. The molecule has 2 aromatic carbocycles. The van der Waals surface area contributed by atoms with Crippen molar-refractivity contribution in [2.24, 2.45) is 0 Å². The number of para-hydroxylation sites is 1. The molecule has 0 fully saturated rings. The number of fused-ring (bicyclic) bond motifs is 1. The molecule has 1 heterocycles. The lowest BCUT2D eigenvalue weighted by Crippen LogP contribution is -2.31. The molecule has 0 saturated heterocycles. The topological polar surface area (TPSA) is 156 Å². The van der Waals surface area contributed by atoms with Gasteiger partial charge >= 0.3 is 5.97 Å². The van der Waals surface area contributed by atoms with E-state index in [-0.39, 0.29) is 47.5 Å². The number of hydrogen-bond donors (Lipinski definition) is 2. The van der Waals surface area contributed by atoms with E-state index in [1.807, 2.05) is 0 Å². The number of ether oxygens (including phenoxy) is 1. The Morgan fingerprint density at radius 3 is 2.55 bits per heavy atom. The van der Waals surface area contributed by atoms with Crippen molar-refractivity contribution in [3.8, 4) is 5.75 Å². The molecular weight excluding hydrogens is 410 g/mol. The van der Waals surface area contributed by atoms with Gasteiger partial charge in [-0.3, -0.25) is 29.4 Å². The SMILES string of the molecule is COC(=O)c1cccc(NC(=O)CCCN2C(=O)c3ccc([N+](=O)[O-])cc3C2=O)c1O. The number of esters is 1. The highest BCUT2D eigenvalue weighted by Gasteiger charge is 2.36. The molecule has 11 nitrogen and oxygen atoms in total. The predicted molar refractivity (Wildman–Crippen MR) is 106 cm³/mol. The summed E-state index contributed by atoms with van der Waals surface area (Å²) in [6, 6.07) is 7.63. The maximum Gasteiger partial charge on any atom is 0.341 e. The first kappa shape index (κ1) is 21.4. The van der Waals surface area contributed by atoms with Crippen molar-refractivity contribution in [2.45, 2.75) is 12.8 Å². The van der Waals surface area contributed by atoms with Crippen LogP contribution in [-0.2, 0) is 9.53 Å². The Kier molecular flexibility index (Phi) is 5.95. The summed E-state index contributed by atoms with van der Waals surface area (Å²) in [5.74, 6) is -2.96. The number of carbonyl (C=O) groups is 4. The zero-order valence-electron chi connectivity index (χ0n) is 16.3. The van der Waals surface area contributed by atoms with Crippen molar-refractivity contribution in [1.29, 1.82) is 0 Å². The van der Waals surface area contributed by atoms with E-state index in [4.69, 9.17) is 0 Å². The van der Waals surface area contributed by atoms with Crippen LogP contribution in [0.3, 0.4) is 0 Å². The minimum atomic E-state index is -0.764. The quantitative estimate of drug-likeness (QED) is 0.224. The first-order chi connectivity index (χ1) is 14.7. The second kappa shape index (κ2) is 8.61. The van der Waals surface area contributed by atoms with Gasteiger partial charge in [-0.2, -0.15) is 0 Å². The number of nitrogens with zero attached hydrogens (tertiary/aromatic N) is 2. The fourth-order valence-corrected chi connectivity index (χ4v) is 3.12. The molecule has 0 unspecified atom stereocenters. The Balaban J connectivity index is 1.60. The normalized spacial score (nSPS) is 12.5. The van der Waals surface area contributed by atoms with Crippen LogP contribution in [0, 0.1) is 10.1 Å². The largest absolute Gasteiger partial charge is 0.505 e. The number of carbonyl (C=O) groups excluding carboxylic acids is 4. The van der Waals surface area contributed by atoms with Crippen molar-refractivity contribution >= 4 is 35.1 Å². The van der Waals surface area contributed by atoms with Crippen LogP contribution in [-0.4, -0.2) is 52.3 Å². The van der Waals surface area contributed by atoms with E-state index in [9.17, 15) is 34.4 Å². The number of hydrogen-bond acceptors (Lipinski definition) is 8. The number of amides is 3. The number of nitrogens with one attached hydrogen (secondary N) is 1. The van der Waals surface area contributed by atoms with Gasteiger partial charge in [-0.15, -0.1) is 0 Å². The van der Waals surface area contributed by atoms with Crippen molar-refractivity contribution in [3.63, 3.8) is 0 Å². The highest BCUT2D eigenvalue weighted by Crippen LogP contribution is 2.29. The van der Waals surface area contributed by atoms with Gasteiger partial charge in [0.15, 0.2) is 5.75 Å². The summed E-state index contributed by atoms with van der Waals surface area (Å²) < 4.78 is 4.55. The molecule has 2 N–H and O–H groups in total. The van der Waals surface area contributed by atoms with Crippen LogP contribution in [0.5, 0.6) is 5.75 Å². The number of phenolic OH excluding ortho intramolecular Hbond substituents is 1. The standard InChI is InChI=1S/C20H17N3O8/c1-31-20(28)13-4-2-5-15(17(13)25)21-16(24)6-3-9-22-18(26)12-8-7-11(23(29)30)10-14(12)19(22)27/h2,4-5,7-8,10,25H,3,6,9H2,1H3,(H,21,24). The Bertz CT molecular complexity index is 1110. The van der Waals surface area contributed by atoms with Gasteiger partial charge in [0.2, 0.25) is 5.91 Å². The minimum absolute atomic E-state index is 0.0148. The number of nitro groups is 1. The number of aromatic hydroxyl groups is 1. The zero-order valence-corrected chi connectivity index (χ0v) is 16.3. The molecule has 0 radical (unpaired) electrons. The van der Waals surface area contributed by atoms with E-state index in [1.54, 1.807) is 0 Å². The van der Waals surface area contributed by atoms with Crippen molar-refractivity contribution in [3.05, 3.63) is 63.2 Å². The van der Waals surface area contributed by atoms with Gasteiger partial charge in [0, 0.05) is 25.1 Å². The van der Waals surface area contributed by atoms with Gasteiger partial charge in [-0.1, -0.05) is 6.07 Å². The number of rotatable bonds is 7. The molecule has 0 atom stereocenters. The predicted octanol–water partition coefficient (Wildman–Crippen LogP) is 2.10. The van der Waals surface area contributed by atoms with Crippen LogP contribution in [0.15, 0.2) is 36.4 Å². The van der Waals surface area contributed by atoms with E-state index >= 15 is 0 Å². The molecule has 3 amide bonds. The lowest BCUT2D eigenvalue weighted by Gasteiger charge is -2.14. The highest BCUT2D eigenvalue weighted by molar-refractivity contribution is 6.21. The Morgan fingerprint density at radius 2 is 1.87 bits per heavy atom. The third kappa shape index (κ3) is 4.20. The lowest BCUT2D eigenvalue weighted by molar-refractivity contribution is -0.384. The third-order valence-corrected chi connectivity index (χ3v) is 4.67. The second-order valence-electron chi connectivity index (χ2n) is 6.59. The van der Waals surface area contributed by atoms with Crippen LogP contribution in [0.2, 0.25) is 0 Å². The van der Waals surface area contributed by atoms with Crippen molar-refractivity contribution < 1.29 is 33.9 Å². The van der Waals surface area contributed by atoms with E-state index in [0.717, 1.165) is 24.1 Å². The number of phenols is 1. The van der Waals surface area contributed by atoms with E-state index in [2.05, 4.69) is 10.1 Å². The van der Waals surface area contributed by atoms with Crippen LogP contribution in [0.1, 0.15) is 43.9 Å². The summed E-state index contributed by atoms with van der Waals surface area (Å²) in [4.78, 5) is 59.8. The molecule has 2 aromatic rings. The average Bonchev–Trinajstić information content (AvgIpc) is 2.99. The molecule has 11 heteroatoms. The molecule has 0 saturated carbocycles. The van der Waals surface area contributed by atoms with Gasteiger partial charge in [-0.25, -0.2) is 4.79 Å². The Labute approximate surface area is 175 Å². The molecule has 1 aliphatic heterocycles. The maximum absolute atomic E-state index is 12.4. The van der Waals surface area contributed by atoms with Crippen LogP contribution >= 0.6 is 0 Å². The number of non-ortho nitro benzene ring substituents is 1. The Hall–Kier alpha value is -4.28. The monoisotopic (exact) mass is 427 g/mol. The summed E-state index contributed by atoms with van der Waals surface area (Å²) >= 11 is 0. The molecule has 1 aliphatic rings. The van der Waals surface area contributed by atoms with E-state index in [0.29, 0.717) is 0 Å². The van der Waals surface area contributed by atoms with Crippen LogP contribution in [0.4, 0.5) is 11.4 Å². The van der Waals surface area contributed by atoms with Gasteiger partial charge in [0.25, 0.3) is 17.5 Å². The molecule has 31 heavy (non-hydrogen) atoms. The maximum atomic E-state index is 12.4. The molecule has 0 aromatic heterocycles. The highest BCUT2D eigenvalue weighted by atomic mass is 16.6. The van der Waals surface area contributed by atoms with Crippen molar-refractivity contribution in [1.82, 2.24) is 4.90 Å². The average molecular weight is 427 g/mol. The van der Waals surface area contributed by atoms with Gasteiger partial charge in [-0.05, 0) is 24.6 Å². The molecule has 0 spiro atoms. The minimum Gasteiger partial charge on any atom is -0.505 e. The summed E-state index contributed by atoms with van der Waals surface area (Å²) in [5, 5.41) is 23.4. The summed E-state index contributed by atoms with van der Waals surface area (Å²) in [6.07, 6.45) is 0.0340. The molecule has 0 bridgehead atoms. The smallest absolute Gasteiger partial charge is 0.341 e. The van der Waals surface area contributed by atoms with Crippen LogP contribution < -0.4 is 5.32 Å². The summed E-state index contributed by atoms with van der Waals surface area (Å²) in [5.41, 5.74) is -0.366. The summed E-state index contributed by atoms with van der Waals surface area (Å²) in [6.45, 7) is -0.0677. The van der Waals surface area contributed by atoms with Crippen molar-refractivity contribution in [2.75, 3.05) is 19.0 Å². The third-order valence-electron chi connectivity index (χ3n) is 4.67. The number of methoxy groups -OCH3 is 1. The first-order valence-electron chi connectivity index (χ1n) is 9.09. The fourth-order valence-electron chi connectivity index (χ4n) is 3.12. The van der Waals surface area contributed by atoms with Gasteiger partial charge < -0.3 is 15.2 Å². The zero-order chi connectivity index (χ0) is 22.7.